The van der Waals surface area contributed by atoms with E-state index in [-0.39, 0.29) is 5.92 Å². The minimum absolute atomic E-state index is 0.273. The zero-order valence-electron chi connectivity index (χ0n) is 15.7. The first kappa shape index (κ1) is 24.7. The summed E-state index contributed by atoms with van der Waals surface area (Å²) < 4.78 is 152. The molecule has 1 unspecified atom stereocenters. The second-order valence-electron chi connectivity index (χ2n) is 7.90. The van der Waals surface area contributed by atoms with Crippen LogP contribution in [-0.2, 0) is 5.60 Å². The molecule has 1 saturated carbocycles. The van der Waals surface area contributed by atoms with Crippen molar-refractivity contribution in [3.63, 3.8) is 0 Å². The monoisotopic (exact) mass is 458 g/mol. The lowest BCUT2D eigenvalue weighted by Crippen LogP contribution is -2.84. The molecule has 1 aliphatic rings. The molecule has 2 rings (SSSR count). The summed E-state index contributed by atoms with van der Waals surface area (Å²) in [6, 6.07) is 4.61. The third kappa shape index (κ3) is 2.77. The topological polar surface area (TPSA) is 20.2 Å². The highest BCUT2D eigenvalue weighted by atomic mass is 19.4. The van der Waals surface area contributed by atoms with E-state index in [1.807, 2.05) is 0 Å². The van der Waals surface area contributed by atoms with Gasteiger partial charge >= 0.3 is 29.6 Å². The summed E-state index contributed by atoms with van der Waals surface area (Å²) in [5.41, 5.74) is -9.52. The van der Waals surface area contributed by atoms with E-state index in [4.69, 9.17) is 0 Å². The normalized spacial score (nSPS) is 27.5. The molecule has 1 aromatic carbocycles. The van der Waals surface area contributed by atoms with Crippen LogP contribution in [0.4, 0.5) is 48.3 Å². The zero-order chi connectivity index (χ0) is 23.8. The molecule has 0 aromatic heterocycles. The van der Waals surface area contributed by atoms with Gasteiger partial charge in [-0.1, -0.05) is 38.1 Å². The first-order valence-electron chi connectivity index (χ1n) is 8.52. The summed E-state index contributed by atoms with van der Waals surface area (Å²) in [7, 11) is 0. The van der Waals surface area contributed by atoms with Crippen LogP contribution in [0.1, 0.15) is 44.2 Å². The molecule has 0 heterocycles. The van der Waals surface area contributed by atoms with Gasteiger partial charge in [0.25, 0.3) is 5.67 Å². The Bertz CT molecular complexity index is 784. The molecule has 12 heteroatoms. The van der Waals surface area contributed by atoms with E-state index in [0.29, 0.717) is 12.5 Å². The summed E-state index contributed by atoms with van der Waals surface area (Å²) in [6.45, 7) is 3.69. The van der Waals surface area contributed by atoms with Gasteiger partial charge in [-0.05, 0) is 24.0 Å². The van der Waals surface area contributed by atoms with E-state index in [1.54, 1.807) is 13.8 Å². The lowest BCUT2D eigenvalue weighted by atomic mass is 9.67. The molecule has 30 heavy (non-hydrogen) atoms. The maximum atomic E-state index is 14.9. The van der Waals surface area contributed by atoms with Gasteiger partial charge in [-0.15, -0.1) is 0 Å². The number of hydrogen-bond acceptors (Lipinski definition) is 1. The van der Waals surface area contributed by atoms with Crippen LogP contribution in [-0.4, -0.2) is 40.4 Å². The van der Waals surface area contributed by atoms with Crippen molar-refractivity contribution in [2.75, 3.05) is 0 Å². The van der Waals surface area contributed by atoms with Gasteiger partial charge in [-0.3, -0.25) is 0 Å². The third-order valence-corrected chi connectivity index (χ3v) is 5.34. The van der Waals surface area contributed by atoms with Crippen LogP contribution in [0.25, 0.3) is 0 Å². The second kappa shape index (κ2) is 6.46. The van der Waals surface area contributed by atoms with E-state index in [9.17, 15) is 53.4 Å². The summed E-state index contributed by atoms with van der Waals surface area (Å²) in [5.74, 6) is -35.8. The summed E-state index contributed by atoms with van der Waals surface area (Å²) in [4.78, 5) is 0. The maximum Gasteiger partial charge on any atom is 0.384 e. The summed E-state index contributed by atoms with van der Waals surface area (Å²) in [6.07, 6.45) is -2.72. The summed E-state index contributed by atoms with van der Waals surface area (Å²) >= 11 is 0. The van der Waals surface area contributed by atoms with E-state index >= 15 is 0 Å². The van der Waals surface area contributed by atoms with Crippen molar-refractivity contribution >= 4 is 0 Å². The lowest BCUT2D eigenvalue weighted by Gasteiger charge is -2.53. The highest BCUT2D eigenvalue weighted by Crippen LogP contribution is 2.71. The molecule has 172 valence electrons. The number of benzene rings is 1. The van der Waals surface area contributed by atoms with Gasteiger partial charge in [0.15, 0.2) is 0 Å². The highest BCUT2D eigenvalue weighted by Gasteiger charge is 3.01. The van der Waals surface area contributed by atoms with Gasteiger partial charge in [0.1, 0.15) is 0 Å². The van der Waals surface area contributed by atoms with Crippen molar-refractivity contribution in [2.24, 2.45) is 0 Å². The minimum atomic E-state index is -7.27. The first-order chi connectivity index (χ1) is 13.1. The van der Waals surface area contributed by atoms with Crippen LogP contribution in [0.15, 0.2) is 24.3 Å². The largest absolute Gasteiger partial charge is 0.385 e. The third-order valence-electron chi connectivity index (χ3n) is 5.34. The van der Waals surface area contributed by atoms with Crippen LogP contribution in [0.2, 0.25) is 0 Å². The SMILES string of the molecule is CC(C)c1cccc(C(C)(O)CC2(F)C(F)(F)C(F)(F)C(F)(F)C(F)(F)C2(F)F)c1. The van der Waals surface area contributed by atoms with Crippen molar-refractivity contribution in [3.8, 4) is 0 Å². The van der Waals surface area contributed by atoms with Crippen molar-refractivity contribution in [2.45, 2.75) is 74.0 Å². The maximum absolute atomic E-state index is 14.9. The van der Waals surface area contributed by atoms with Crippen LogP contribution < -0.4 is 0 Å². The Balaban J connectivity index is 2.70. The minimum Gasteiger partial charge on any atom is -0.385 e. The van der Waals surface area contributed by atoms with Crippen LogP contribution in [0.3, 0.4) is 0 Å². The zero-order valence-corrected chi connectivity index (χ0v) is 15.7. The Kier molecular flexibility index (Phi) is 5.31. The molecular formula is C18H17F11O. The van der Waals surface area contributed by atoms with E-state index in [2.05, 4.69) is 0 Å². The van der Waals surface area contributed by atoms with E-state index in [0.717, 1.165) is 12.1 Å². The summed E-state index contributed by atoms with van der Waals surface area (Å²) in [5, 5.41) is 10.4. The van der Waals surface area contributed by atoms with Crippen molar-refractivity contribution in [1.82, 2.24) is 0 Å². The second-order valence-corrected chi connectivity index (χ2v) is 7.90. The van der Waals surface area contributed by atoms with Crippen molar-refractivity contribution in [3.05, 3.63) is 35.4 Å². The smallest absolute Gasteiger partial charge is 0.384 e. The molecule has 1 N–H and O–H groups in total. The van der Waals surface area contributed by atoms with E-state index < -0.39 is 52.9 Å². The van der Waals surface area contributed by atoms with Crippen LogP contribution in [0.5, 0.6) is 0 Å². The lowest BCUT2D eigenvalue weighted by molar-refractivity contribution is -0.488. The predicted octanol–water partition coefficient (Wildman–Crippen LogP) is 6.31. The number of aliphatic hydroxyl groups is 1. The Labute approximate surface area is 163 Å². The molecule has 0 radical (unpaired) electrons. The van der Waals surface area contributed by atoms with Crippen molar-refractivity contribution in [1.29, 1.82) is 0 Å². The van der Waals surface area contributed by atoms with Crippen LogP contribution >= 0.6 is 0 Å². The first-order valence-corrected chi connectivity index (χ1v) is 8.52. The average Bonchev–Trinajstić information content (AvgIpc) is 2.59. The molecule has 0 amide bonds. The van der Waals surface area contributed by atoms with Gasteiger partial charge in [0, 0.05) is 6.42 Å². The van der Waals surface area contributed by atoms with Crippen LogP contribution in [0, 0.1) is 0 Å². The molecule has 1 fully saturated rings. The fraction of sp³-hybridized carbons (Fsp3) is 0.667. The highest BCUT2D eigenvalue weighted by molar-refractivity contribution is 5.33. The predicted molar refractivity (Wildman–Crippen MR) is 83.3 cm³/mol. The molecule has 1 aromatic rings. The van der Waals surface area contributed by atoms with Gasteiger partial charge in [0.2, 0.25) is 0 Å². The fourth-order valence-corrected chi connectivity index (χ4v) is 3.32. The van der Waals surface area contributed by atoms with Gasteiger partial charge < -0.3 is 5.11 Å². The standard InChI is InChI=1S/C18H17F11O/c1-9(2)10-5-4-6-11(7-10)12(3,30)8-13(19)14(20,21)16(24,25)18(28,29)17(26,27)15(13,22)23/h4-7,9,30H,8H2,1-3H3. The number of rotatable bonds is 4. The molecule has 1 aliphatic carbocycles. The Morgan fingerprint density at radius 3 is 1.57 bits per heavy atom. The van der Waals surface area contributed by atoms with Gasteiger partial charge in [0.05, 0.1) is 5.60 Å². The van der Waals surface area contributed by atoms with Gasteiger partial charge in [-0.2, -0.15) is 43.9 Å². The number of halogens is 11. The fourth-order valence-electron chi connectivity index (χ4n) is 3.32. The molecule has 0 spiro atoms. The van der Waals surface area contributed by atoms with Gasteiger partial charge in [-0.25, -0.2) is 4.39 Å². The Morgan fingerprint density at radius 1 is 0.767 bits per heavy atom. The quantitative estimate of drug-likeness (QED) is 0.525. The van der Waals surface area contributed by atoms with Crippen molar-refractivity contribution < 1.29 is 53.4 Å². The molecule has 0 saturated heterocycles. The number of alkyl halides is 11. The Morgan fingerprint density at radius 2 is 1.17 bits per heavy atom. The Hall–Kier alpha value is -1.59. The molecule has 1 atom stereocenters. The molecular weight excluding hydrogens is 441 g/mol. The molecule has 0 aliphatic heterocycles. The molecule has 1 nitrogen and oxygen atoms in total. The number of hydrogen-bond donors (Lipinski definition) is 1. The average molecular weight is 458 g/mol. The van der Waals surface area contributed by atoms with E-state index in [1.165, 1.54) is 12.1 Å². The molecule has 0 bridgehead atoms.